The van der Waals surface area contributed by atoms with Gasteiger partial charge in [0.2, 0.25) is 12.0 Å². The molecule has 6 nitrogen and oxygen atoms in total. The summed E-state index contributed by atoms with van der Waals surface area (Å²) < 4.78 is 12.8. The lowest BCUT2D eigenvalue weighted by Crippen LogP contribution is -2.39. The molecule has 1 heterocycles. The highest BCUT2D eigenvalue weighted by molar-refractivity contribution is 6.30. The van der Waals surface area contributed by atoms with Crippen LogP contribution >= 0.6 is 11.6 Å². The third-order valence-electron chi connectivity index (χ3n) is 4.07. The fraction of sp³-hybridized carbons (Fsp3) is 0.318. The van der Waals surface area contributed by atoms with E-state index in [9.17, 15) is 9.59 Å². The van der Waals surface area contributed by atoms with E-state index in [0.29, 0.717) is 10.8 Å². The Morgan fingerprint density at radius 3 is 2.59 bits per heavy atom. The number of imidazole rings is 1. The third kappa shape index (κ3) is 6.91. The van der Waals surface area contributed by atoms with Crippen molar-refractivity contribution in [1.82, 2.24) is 9.55 Å². The number of esters is 1. The van der Waals surface area contributed by atoms with Gasteiger partial charge in [0.1, 0.15) is 12.4 Å². The number of halogens is 1. The van der Waals surface area contributed by atoms with Crippen molar-refractivity contribution in [3.63, 3.8) is 0 Å². The number of rotatable bonds is 10. The summed E-state index contributed by atoms with van der Waals surface area (Å²) in [5, 5.41) is 0.568. The maximum absolute atomic E-state index is 13.2. The van der Waals surface area contributed by atoms with Crippen LogP contribution < -0.4 is 4.74 Å². The van der Waals surface area contributed by atoms with Gasteiger partial charge in [-0.3, -0.25) is 14.2 Å². The fourth-order valence-electron chi connectivity index (χ4n) is 2.38. The molecule has 2 aromatic rings. The lowest BCUT2D eigenvalue weighted by Gasteiger charge is -2.28. The zero-order chi connectivity index (χ0) is 21.3. The second-order valence-electron chi connectivity index (χ2n) is 7.00. The monoisotopic (exact) mass is 416 g/mol. The molecule has 0 aliphatic heterocycles. The number of Topliss-reactive ketones (excluding diaryl/α,β-unsaturated/α-hetero) is 1. The maximum atomic E-state index is 13.2. The van der Waals surface area contributed by atoms with E-state index in [1.54, 1.807) is 67.2 Å². The standard InChI is InChI=1S/C22H25ClN2O4/c1-4-5-6-7-8-19(26)28-15-22(2,3)20(27)21(25-14-13-24-16-25)29-18-11-9-17(23)10-12-18/h4-7,9-14,16,21H,8,15H2,1-3H3/b5-4+,7-6+. The Morgan fingerprint density at radius 1 is 1.24 bits per heavy atom. The Bertz CT molecular complexity index is 855. The molecule has 0 amide bonds. The lowest BCUT2D eigenvalue weighted by atomic mass is 9.88. The SMILES string of the molecule is C/C=C/C=C/CC(=O)OCC(C)(C)C(=O)C(Oc1ccc(Cl)cc1)n1ccnc1. The van der Waals surface area contributed by atoms with Gasteiger partial charge < -0.3 is 9.47 Å². The minimum atomic E-state index is -0.968. The first-order valence-corrected chi connectivity index (χ1v) is 9.58. The van der Waals surface area contributed by atoms with E-state index in [0.717, 1.165) is 0 Å². The van der Waals surface area contributed by atoms with Gasteiger partial charge in [0.15, 0.2) is 0 Å². The number of carbonyl (C=O) groups is 2. The van der Waals surface area contributed by atoms with E-state index < -0.39 is 17.6 Å². The summed E-state index contributed by atoms with van der Waals surface area (Å²) >= 11 is 5.91. The quantitative estimate of drug-likeness (QED) is 0.412. The first kappa shape index (κ1) is 22.4. The molecule has 7 heteroatoms. The first-order valence-electron chi connectivity index (χ1n) is 9.21. The van der Waals surface area contributed by atoms with Crippen LogP contribution in [0.3, 0.4) is 0 Å². The highest BCUT2D eigenvalue weighted by Gasteiger charge is 2.37. The summed E-state index contributed by atoms with van der Waals surface area (Å²) in [7, 11) is 0. The molecule has 154 valence electrons. The molecule has 0 bridgehead atoms. The van der Waals surface area contributed by atoms with Crippen molar-refractivity contribution in [1.29, 1.82) is 0 Å². The van der Waals surface area contributed by atoms with Crippen LogP contribution in [0.4, 0.5) is 0 Å². The average molecular weight is 417 g/mol. The summed E-state index contributed by atoms with van der Waals surface area (Å²) in [6.45, 7) is 5.26. The van der Waals surface area contributed by atoms with E-state index in [1.165, 1.54) is 6.33 Å². The van der Waals surface area contributed by atoms with Crippen LogP contribution in [0.1, 0.15) is 33.4 Å². The largest absolute Gasteiger partial charge is 0.464 e. The summed E-state index contributed by atoms with van der Waals surface area (Å²) in [6.07, 6.45) is 11.1. The van der Waals surface area contributed by atoms with Crippen molar-refractivity contribution >= 4 is 23.4 Å². The Morgan fingerprint density at radius 2 is 1.97 bits per heavy atom. The number of ketones is 1. The molecule has 1 aromatic heterocycles. The molecule has 0 fully saturated rings. The number of benzene rings is 1. The van der Waals surface area contributed by atoms with E-state index in [2.05, 4.69) is 4.98 Å². The summed E-state index contributed by atoms with van der Waals surface area (Å²) in [5.41, 5.74) is -0.968. The fourth-order valence-corrected chi connectivity index (χ4v) is 2.51. The molecule has 0 N–H and O–H groups in total. The Kier molecular flexibility index (Phi) is 8.21. The van der Waals surface area contributed by atoms with Crippen molar-refractivity contribution in [2.24, 2.45) is 5.41 Å². The molecule has 0 aliphatic rings. The summed E-state index contributed by atoms with van der Waals surface area (Å²) in [4.78, 5) is 29.2. The van der Waals surface area contributed by atoms with E-state index in [4.69, 9.17) is 21.1 Å². The molecule has 0 spiro atoms. The van der Waals surface area contributed by atoms with Gasteiger partial charge in [0.05, 0.1) is 18.2 Å². The minimum absolute atomic E-state index is 0.0582. The molecule has 2 rings (SSSR count). The van der Waals surface area contributed by atoms with E-state index in [1.807, 2.05) is 19.1 Å². The Hall–Kier alpha value is -2.86. The second kappa shape index (κ2) is 10.6. The van der Waals surface area contributed by atoms with Crippen LogP contribution in [0.25, 0.3) is 0 Å². The summed E-state index contributed by atoms with van der Waals surface area (Å²) in [6, 6.07) is 6.73. The zero-order valence-electron chi connectivity index (χ0n) is 16.7. The normalized spacial score (nSPS) is 13.0. The van der Waals surface area contributed by atoms with Gasteiger partial charge in [-0.2, -0.15) is 0 Å². The molecule has 1 aromatic carbocycles. The number of ether oxygens (including phenoxy) is 2. The number of aromatic nitrogens is 2. The summed E-state index contributed by atoms with van der Waals surface area (Å²) in [5.74, 6) is -0.157. The number of nitrogens with zero attached hydrogens (tertiary/aromatic N) is 2. The molecular formula is C22H25ClN2O4. The Balaban J connectivity index is 2.08. The molecule has 0 aliphatic carbocycles. The molecule has 1 atom stereocenters. The predicted octanol–water partition coefficient (Wildman–Crippen LogP) is 4.78. The highest BCUT2D eigenvalue weighted by atomic mass is 35.5. The van der Waals surface area contributed by atoms with Crippen LogP contribution in [0, 0.1) is 5.41 Å². The number of hydrogen-bond acceptors (Lipinski definition) is 5. The molecule has 29 heavy (non-hydrogen) atoms. The van der Waals surface area contributed by atoms with Gasteiger partial charge in [-0.05, 0) is 45.0 Å². The zero-order valence-corrected chi connectivity index (χ0v) is 17.5. The van der Waals surface area contributed by atoms with Crippen molar-refractivity contribution in [3.05, 3.63) is 72.3 Å². The molecular weight excluding hydrogens is 392 g/mol. The Labute approximate surface area is 175 Å². The van der Waals surface area contributed by atoms with E-state index >= 15 is 0 Å². The van der Waals surface area contributed by atoms with Gasteiger partial charge in [0.25, 0.3) is 0 Å². The second-order valence-corrected chi connectivity index (χ2v) is 7.44. The predicted molar refractivity (Wildman–Crippen MR) is 112 cm³/mol. The molecule has 0 saturated carbocycles. The number of allylic oxidation sites excluding steroid dienone is 3. The van der Waals surface area contributed by atoms with Crippen LogP contribution in [0.5, 0.6) is 5.75 Å². The smallest absolute Gasteiger partial charge is 0.309 e. The lowest BCUT2D eigenvalue weighted by molar-refractivity contribution is -0.151. The van der Waals surface area contributed by atoms with Gasteiger partial charge in [-0.25, -0.2) is 4.98 Å². The van der Waals surface area contributed by atoms with Gasteiger partial charge >= 0.3 is 5.97 Å². The van der Waals surface area contributed by atoms with Crippen molar-refractivity contribution in [3.8, 4) is 5.75 Å². The van der Waals surface area contributed by atoms with Crippen molar-refractivity contribution in [2.45, 2.75) is 33.4 Å². The molecule has 0 saturated heterocycles. The third-order valence-corrected chi connectivity index (χ3v) is 4.32. The maximum Gasteiger partial charge on any atom is 0.309 e. The number of carbonyl (C=O) groups excluding carboxylic acids is 2. The first-order chi connectivity index (χ1) is 13.8. The van der Waals surface area contributed by atoms with Crippen LogP contribution in [-0.2, 0) is 14.3 Å². The van der Waals surface area contributed by atoms with Crippen molar-refractivity contribution in [2.75, 3.05) is 6.61 Å². The number of hydrogen-bond donors (Lipinski definition) is 0. The van der Waals surface area contributed by atoms with Crippen LogP contribution in [-0.4, -0.2) is 27.9 Å². The molecule has 0 radical (unpaired) electrons. The van der Waals surface area contributed by atoms with Crippen LogP contribution in [0.2, 0.25) is 5.02 Å². The van der Waals surface area contributed by atoms with Gasteiger partial charge in [-0.1, -0.05) is 35.9 Å². The van der Waals surface area contributed by atoms with Gasteiger partial charge in [0, 0.05) is 17.4 Å². The minimum Gasteiger partial charge on any atom is -0.464 e. The highest BCUT2D eigenvalue weighted by Crippen LogP contribution is 2.28. The van der Waals surface area contributed by atoms with E-state index in [-0.39, 0.29) is 18.8 Å². The van der Waals surface area contributed by atoms with Crippen LogP contribution in [0.15, 0.2) is 67.3 Å². The average Bonchev–Trinajstić information content (AvgIpc) is 3.23. The van der Waals surface area contributed by atoms with Gasteiger partial charge in [-0.15, -0.1) is 0 Å². The van der Waals surface area contributed by atoms with Crippen molar-refractivity contribution < 1.29 is 19.1 Å². The molecule has 1 unspecified atom stereocenters. The topological polar surface area (TPSA) is 70.4 Å².